The number of hydrogen-bond donors (Lipinski definition) is 0. The maximum atomic E-state index is 10.1. The van der Waals surface area contributed by atoms with E-state index in [4.69, 9.17) is 0 Å². The molecular weight excluding hydrogens is 104 g/mol. The third kappa shape index (κ3) is 1.45. The van der Waals surface area contributed by atoms with Crippen molar-refractivity contribution in [3.05, 3.63) is 0 Å². The average molecular weight is 114 g/mol. The lowest BCUT2D eigenvalue weighted by Crippen LogP contribution is -2.17. The Morgan fingerprint density at radius 3 is 1.75 bits per heavy atom. The molecule has 0 saturated heterocycles. The molecule has 0 aromatic rings. The predicted molar refractivity (Wildman–Crippen MR) is 30.5 cm³/mol. The summed E-state index contributed by atoms with van der Waals surface area (Å²) in [5, 5.41) is 0. The van der Waals surface area contributed by atoms with Gasteiger partial charge in [0.1, 0.15) is 12.6 Å². The molecule has 0 bridgehead atoms. The second kappa shape index (κ2) is 2.60. The first-order valence-electron chi connectivity index (χ1n) is 2.61. The molecule has 0 amide bonds. The third-order valence-corrected chi connectivity index (χ3v) is 1.30. The molecule has 0 rings (SSSR count). The van der Waals surface area contributed by atoms with Gasteiger partial charge in [-0.1, -0.05) is 6.92 Å². The van der Waals surface area contributed by atoms with Crippen molar-refractivity contribution in [2.75, 3.05) is 0 Å². The second-order valence-corrected chi connectivity index (χ2v) is 2.10. The Kier molecular flexibility index (Phi) is 2.38. The van der Waals surface area contributed by atoms with E-state index in [0.29, 0.717) is 19.0 Å². The molecule has 2 nitrogen and oxygen atoms in total. The highest BCUT2D eigenvalue weighted by Gasteiger charge is 2.18. The van der Waals surface area contributed by atoms with Gasteiger partial charge < -0.3 is 9.59 Å². The van der Waals surface area contributed by atoms with Gasteiger partial charge in [0, 0.05) is 0 Å². The SMILES string of the molecule is CCC(C)(C=O)C=O. The zero-order chi connectivity index (χ0) is 6.62. The second-order valence-electron chi connectivity index (χ2n) is 2.10. The number of hydrogen-bond acceptors (Lipinski definition) is 2. The van der Waals surface area contributed by atoms with Gasteiger partial charge >= 0.3 is 0 Å². The lowest BCUT2D eigenvalue weighted by atomic mass is 9.92. The van der Waals surface area contributed by atoms with Gasteiger partial charge in [-0.2, -0.15) is 0 Å². The highest BCUT2D eigenvalue weighted by atomic mass is 16.1. The molecule has 0 aliphatic rings. The first-order valence-corrected chi connectivity index (χ1v) is 2.61. The van der Waals surface area contributed by atoms with Crippen molar-refractivity contribution in [1.82, 2.24) is 0 Å². The molecule has 0 aliphatic carbocycles. The van der Waals surface area contributed by atoms with Crippen LogP contribution in [0.5, 0.6) is 0 Å². The standard InChI is InChI=1S/C6H10O2/c1-3-6(2,4-7)5-8/h4-5H,3H2,1-2H3. The minimum Gasteiger partial charge on any atom is -0.302 e. The monoisotopic (exact) mass is 114 g/mol. The van der Waals surface area contributed by atoms with Crippen LogP contribution in [0.2, 0.25) is 0 Å². The first kappa shape index (κ1) is 7.34. The summed E-state index contributed by atoms with van der Waals surface area (Å²) >= 11 is 0. The Morgan fingerprint density at radius 2 is 1.75 bits per heavy atom. The molecule has 2 heteroatoms. The molecule has 0 aromatic carbocycles. The Hall–Kier alpha value is -0.660. The maximum Gasteiger partial charge on any atom is 0.132 e. The Balaban J connectivity index is 3.96. The number of carbonyl (C=O) groups is 2. The van der Waals surface area contributed by atoms with Crippen molar-refractivity contribution < 1.29 is 9.59 Å². The van der Waals surface area contributed by atoms with Crippen LogP contribution in [0.15, 0.2) is 0 Å². The van der Waals surface area contributed by atoms with Gasteiger partial charge in [0.25, 0.3) is 0 Å². The van der Waals surface area contributed by atoms with Crippen LogP contribution < -0.4 is 0 Å². The first-order chi connectivity index (χ1) is 3.68. The normalized spacial score (nSPS) is 10.8. The van der Waals surface area contributed by atoms with Crippen molar-refractivity contribution in [3.63, 3.8) is 0 Å². The van der Waals surface area contributed by atoms with Gasteiger partial charge in [-0.3, -0.25) is 0 Å². The molecule has 0 saturated carbocycles. The van der Waals surface area contributed by atoms with E-state index in [1.165, 1.54) is 0 Å². The van der Waals surface area contributed by atoms with E-state index in [-0.39, 0.29) is 0 Å². The predicted octanol–water partition coefficient (Wildman–Crippen LogP) is 0.800. The van der Waals surface area contributed by atoms with E-state index in [0.717, 1.165) is 0 Å². The van der Waals surface area contributed by atoms with Crippen molar-refractivity contribution >= 4 is 12.6 Å². The Bertz CT molecular complexity index is 88.7. The van der Waals surface area contributed by atoms with Gasteiger partial charge in [-0.15, -0.1) is 0 Å². The summed E-state index contributed by atoms with van der Waals surface area (Å²) in [5.74, 6) is 0. The molecule has 0 atom stereocenters. The van der Waals surface area contributed by atoms with E-state index >= 15 is 0 Å². The number of aldehydes is 2. The summed E-state index contributed by atoms with van der Waals surface area (Å²) in [7, 11) is 0. The molecule has 46 valence electrons. The van der Waals surface area contributed by atoms with Crippen LogP contribution in [0.3, 0.4) is 0 Å². The summed E-state index contributed by atoms with van der Waals surface area (Å²) in [5.41, 5.74) is -0.736. The minimum absolute atomic E-state index is 0.583. The molecule has 0 radical (unpaired) electrons. The fourth-order valence-corrected chi connectivity index (χ4v) is 0.194. The summed E-state index contributed by atoms with van der Waals surface area (Å²) < 4.78 is 0. The van der Waals surface area contributed by atoms with E-state index in [2.05, 4.69) is 0 Å². The zero-order valence-electron chi connectivity index (χ0n) is 5.18. The molecule has 0 aromatic heterocycles. The third-order valence-electron chi connectivity index (χ3n) is 1.30. The quantitative estimate of drug-likeness (QED) is 0.401. The van der Waals surface area contributed by atoms with Crippen molar-refractivity contribution in [2.24, 2.45) is 5.41 Å². The van der Waals surface area contributed by atoms with E-state index < -0.39 is 5.41 Å². The average Bonchev–Trinajstić information content (AvgIpc) is 1.87. The molecule has 0 aliphatic heterocycles. The highest BCUT2D eigenvalue weighted by Crippen LogP contribution is 2.12. The molecule has 8 heavy (non-hydrogen) atoms. The smallest absolute Gasteiger partial charge is 0.132 e. The lowest BCUT2D eigenvalue weighted by Gasteiger charge is -2.09. The number of rotatable bonds is 3. The van der Waals surface area contributed by atoms with Gasteiger partial charge in [0.2, 0.25) is 0 Å². The van der Waals surface area contributed by atoms with Crippen molar-refractivity contribution in [1.29, 1.82) is 0 Å². The van der Waals surface area contributed by atoms with Gasteiger partial charge in [0.05, 0.1) is 5.41 Å². The Labute approximate surface area is 48.9 Å². The lowest BCUT2D eigenvalue weighted by molar-refractivity contribution is -0.125. The topological polar surface area (TPSA) is 34.1 Å². The largest absolute Gasteiger partial charge is 0.302 e. The van der Waals surface area contributed by atoms with E-state index in [1.54, 1.807) is 6.92 Å². The maximum absolute atomic E-state index is 10.1. The summed E-state index contributed by atoms with van der Waals surface area (Å²) in [6.45, 7) is 3.43. The number of carbonyl (C=O) groups excluding carboxylic acids is 2. The van der Waals surface area contributed by atoms with Crippen LogP contribution in [0, 0.1) is 5.41 Å². The fourth-order valence-electron chi connectivity index (χ4n) is 0.194. The molecule has 0 fully saturated rings. The highest BCUT2D eigenvalue weighted by molar-refractivity contribution is 5.82. The summed E-state index contributed by atoms with van der Waals surface area (Å²) in [6, 6.07) is 0. The van der Waals surface area contributed by atoms with E-state index in [1.807, 2.05) is 6.92 Å². The van der Waals surface area contributed by atoms with E-state index in [9.17, 15) is 9.59 Å². The Morgan fingerprint density at radius 1 is 1.38 bits per heavy atom. The van der Waals surface area contributed by atoms with Crippen LogP contribution >= 0.6 is 0 Å². The molecule has 0 spiro atoms. The van der Waals surface area contributed by atoms with Crippen LogP contribution in [-0.2, 0) is 9.59 Å². The van der Waals surface area contributed by atoms with Gasteiger partial charge in [-0.25, -0.2) is 0 Å². The van der Waals surface area contributed by atoms with Gasteiger partial charge in [-0.05, 0) is 13.3 Å². The fraction of sp³-hybridized carbons (Fsp3) is 0.667. The van der Waals surface area contributed by atoms with Crippen LogP contribution in [0.4, 0.5) is 0 Å². The molecule has 0 N–H and O–H groups in total. The summed E-state index contributed by atoms with van der Waals surface area (Å²) in [6.07, 6.45) is 1.94. The van der Waals surface area contributed by atoms with Crippen molar-refractivity contribution in [2.45, 2.75) is 20.3 Å². The summed E-state index contributed by atoms with van der Waals surface area (Å²) in [4.78, 5) is 20.1. The zero-order valence-corrected chi connectivity index (χ0v) is 5.18. The van der Waals surface area contributed by atoms with Crippen LogP contribution in [-0.4, -0.2) is 12.6 Å². The van der Waals surface area contributed by atoms with Crippen molar-refractivity contribution in [3.8, 4) is 0 Å². The molecular formula is C6H10O2. The molecule has 0 heterocycles. The van der Waals surface area contributed by atoms with Crippen LogP contribution in [0.1, 0.15) is 20.3 Å². The van der Waals surface area contributed by atoms with Crippen LogP contribution in [0.25, 0.3) is 0 Å². The van der Waals surface area contributed by atoms with Gasteiger partial charge in [0.15, 0.2) is 0 Å². The molecule has 0 unspecified atom stereocenters. The minimum atomic E-state index is -0.736.